The highest BCUT2D eigenvalue weighted by atomic mass is 16.5. The van der Waals surface area contributed by atoms with Crippen molar-refractivity contribution in [1.82, 2.24) is 10.3 Å². The van der Waals surface area contributed by atoms with Gasteiger partial charge in [0.1, 0.15) is 17.2 Å². The molecule has 0 aliphatic carbocycles. The highest BCUT2D eigenvalue weighted by Crippen LogP contribution is 2.47. The number of carbonyl (C=O) groups excluding carboxylic acids is 1. The summed E-state index contributed by atoms with van der Waals surface area (Å²) in [6.45, 7) is 3.66. The van der Waals surface area contributed by atoms with Crippen LogP contribution in [0.2, 0.25) is 0 Å². The van der Waals surface area contributed by atoms with Crippen LogP contribution >= 0.6 is 0 Å². The van der Waals surface area contributed by atoms with E-state index in [1.165, 1.54) is 29.7 Å². The third kappa shape index (κ3) is 3.67. The van der Waals surface area contributed by atoms with Gasteiger partial charge in [-0.15, -0.1) is 0 Å². The third-order valence-corrected chi connectivity index (χ3v) is 5.83. The van der Waals surface area contributed by atoms with E-state index in [1.54, 1.807) is 7.11 Å². The van der Waals surface area contributed by atoms with E-state index in [2.05, 4.69) is 39.6 Å². The molecule has 0 spiro atoms. The minimum absolute atomic E-state index is 0.0437. The highest BCUT2D eigenvalue weighted by Gasteiger charge is 2.42. The second kappa shape index (κ2) is 8.26. The fraction of sp³-hybridized carbons (Fsp3) is 0.391. The first kappa shape index (κ1) is 20.1. The van der Waals surface area contributed by atoms with Gasteiger partial charge in [0.15, 0.2) is 0 Å². The Morgan fingerprint density at radius 1 is 1.33 bits per heavy atom. The second-order valence-corrected chi connectivity index (χ2v) is 7.78. The fourth-order valence-electron chi connectivity index (χ4n) is 4.50. The lowest BCUT2D eigenvalue weighted by Crippen LogP contribution is -2.50. The number of benzene rings is 1. The third-order valence-electron chi connectivity index (χ3n) is 5.83. The number of aromatic nitrogens is 1. The van der Waals surface area contributed by atoms with E-state index >= 15 is 0 Å². The Morgan fingerprint density at radius 3 is 2.93 bits per heavy atom. The van der Waals surface area contributed by atoms with Crippen molar-refractivity contribution >= 4 is 17.3 Å². The van der Waals surface area contributed by atoms with E-state index in [0.29, 0.717) is 12.2 Å². The van der Waals surface area contributed by atoms with Gasteiger partial charge >= 0.3 is 0 Å². The number of aromatic hydroxyl groups is 1. The molecule has 0 saturated carbocycles. The molecular formula is C23H28N4O3. The summed E-state index contributed by atoms with van der Waals surface area (Å²) < 4.78 is 5.43. The lowest BCUT2D eigenvalue weighted by Gasteiger charge is -2.46. The van der Waals surface area contributed by atoms with Crippen LogP contribution in [-0.2, 0) is 0 Å². The number of nitrogens with zero attached hydrogens (tertiary/aromatic N) is 2. The lowest BCUT2D eigenvalue weighted by atomic mass is 9.83. The summed E-state index contributed by atoms with van der Waals surface area (Å²) >= 11 is 0. The zero-order valence-corrected chi connectivity index (χ0v) is 17.4. The molecule has 7 heteroatoms. The Labute approximate surface area is 176 Å². The molecule has 3 heterocycles. The van der Waals surface area contributed by atoms with Gasteiger partial charge in [-0.25, -0.2) is 4.98 Å². The number of amides is 1. The van der Waals surface area contributed by atoms with E-state index in [9.17, 15) is 9.90 Å². The average molecular weight is 409 g/mol. The first-order valence-corrected chi connectivity index (χ1v) is 10.4. The molecule has 2 aliphatic heterocycles. The molecule has 3 N–H and O–H groups in total. The first-order chi connectivity index (χ1) is 14.6. The SMILES string of the molecule is CCCC1(CCNC(=O)c2ccc(O)cn2)Nc2cc(OC)ccc2N2CCC=C21. The number of hydrogen-bond acceptors (Lipinski definition) is 6. The number of anilines is 2. The molecule has 0 bridgehead atoms. The van der Waals surface area contributed by atoms with Crippen molar-refractivity contribution < 1.29 is 14.6 Å². The van der Waals surface area contributed by atoms with E-state index in [-0.39, 0.29) is 17.2 Å². The van der Waals surface area contributed by atoms with Crippen LogP contribution in [-0.4, -0.2) is 41.7 Å². The molecule has 0 fully saturated rings. The van der Waals surface area contributed by atoms with Crippen LogP contribution in [0.3, 0.4) is 0 Å². The molecule has 158 valence electrons. The summed E-state index contributed by atoms with van der Waals surface area (Å²) in [5.74, 6) is 0.629. The molecular weight excluding hydrogens is 380 g/mol. The fourth-order valence-corrected chi connectivity index (χ4v) is 4.50. The summed E-state index contributed by atoms with van der Waals surface area (Å²) in [6.07, 6.45) is 7.34. The summed E-state index contributed by atoms with van der Waals surface area (Å²) in [7, 11) is 1.68. The predicted octanol–water partition coefficient (Wildman–Crippen LogP) is 3.67. The Hall–Kier alpha value is -3.22. The summed E-state index contributed by atoms with van der Waals surface area (Å²) in [6, 6.07) is 9.14. The quantitative estimate of drug-likeness (QED) is 0.648. The van der Waals surface area contributed by atoms with Crippen LogP contribution in [0.5, 0.6) is 11.5 Å². The summed E-state index contributed by atoms with van der Waals surface area (Å²) in [5, 5.41) is 16.1. The minimum Gasteiger partial charge on any atom is -0.506 e. The largest absolute Gasteiger partial charge is 0.506 e. The van der Waals surface area contributed by atoms with Crippen LogP contribution in [0.4, 0.5) is 11.4 Å². The molecule has 1 aromatic carbocycles. The highest BCUT2D eigenvalue weighted by molar-refractivity contribution is 5.92. The van der Waals surface area contributed by atoms with Gasteiger partial charge < -0.3 is 25.4 Å². The molecule has 1 amide bonds. The Kier molecular flexibility index (Phi) is 5.53. The number of fused-ring (bicyclic) bond motifs is 3. The molecule has 0 radical (unpaired) electrons. The van der Waals surface area contributed by atoms with Gasteiger partial charge in [-0.3, -0.25) is 4.79 Å². The van der Waals surface area contributed by atoms with Crippen molar-refractivity contribution in [2.75, 3.05) is 30.4 Å². The summed E-state index contributed by atoms with van der Waals surface area (Å²) in [5.41, 5.74) is 3.57. The maximum Gasteiger partial charge on any atom is 0.269 e. The Bertz CT molecular complexity index is 957. The van der Waals surface area contributed by atoms with Crippen molar-refractivity contribution in [3.8, 4) is 11.5 Å². The smallest absolute Gasteiger partial charge is 0.269 e. The normalized spacial score (nSPS) is 19.4. The summed E-state index contributed by atoms with van der Waals surface area (Å²) in [4.78, 5) is 18.8. The van der Waals surface area contributed by atoms with Crippen molar-refractivity contribution in [3.63, 3.8) is 0 Å². The lowest BCUT2D eigenvalue weighted by molar-refractivity contribution is 0.0946. The van der Waals surface area contributed by atoms with E-state index in [1.807, 2.05) is 12.1 Å². The molecule has 2 aliphatic rings. The van der Waals surface area contributed by atoms with Gasteiger partial charge in [0.05, 0.1) is 30.2 Å². The average Bonchev–Trinajstić information content (AvgIpc) is 3.25. The number of rotatable bonds is 7. The van der Waals surface area contributed by atoms with Gasteiger partial charge in [-0.2, -0.15) is 0 Å². The van der Waals surface area contributed by atoms with E-state index < -0.39 is 0 Å². The van der Waals surface area contributed by atoms with Crippen molar-refractivity contribution in [2.24, 2.45) is 0 Å². The van der Waals surface area contributed by atoms with Gasteiger partial charge in [0.25, 0.3) is 5.91 Å². The number of ether oxygens (including phenoxy) is 1. The predicted molar refractivity (Wildman–Crippen MR) is 117 cm³/mol. The second-order valence-electron chi connectivity index (χ2n) is 7.78. The van der Waals surface area contributed by atoms with Gasteiger partial charge in [-0.05, 0) is 43.5 Å². The monoisotopic (exact) mass is 408 g/mol. The van der Waals surface area contributed by atoms with Crippen LogP contribution < -0.4 is 20.3 Å². The van der Waals surface area contributed by atoms with E-state index in [0.717, 1.165) is 43.7 Å². The molecule has 30 heavy (non-hydrogen) atoms. The number of methoxy groups -OCH3 is 1. The molecule has 2 aromatic rings. The Balaban J connectivity index is 1.55. The number of hydrogen-bond donors (Lipinski definition) is 3. The van der Waals surface area contributed by atoms with Gasteiger partial charge in [0.2, 0.25) is 0 Å². The molecule has 4 rings (SSSR count). The maximum atomic E-state index is 12.5. The van der Waals surface area contributed by atoms with E-state index in [4.69, 9.17) is 4.74 Å². The number of nitrogens with one attached hydrogen (secondary N) is 2. The van der Waals surface area contributed by atoms with Crippen molar-refractivity contribution in [3.05, 3.63) is 54.0 Å². The van der Waals surface area contributed by atoms with Gasteiger partial charge in [-0.1, -0.05) is 19.4 Å². The van der Waals surface area contributed by atoms with Crippen LogP contribution in [0.25, 0.3) is 0 Å². The van der Waals surface area contributed by atoms with Crippen LogP contribution in [0.1, 0.15) is 43.1 Å². The van der Waals surface area contributed by atoms with Crippen LogP contribution in [0, 0.1) is 0 Å². The molecule has 7 nitrogen and oxygen atoms in total. The topological polar surface area (TPSA) is 86.7 Å². The van der Waals surface area contributed by atoms with Gasteiger partial charge in [0, 0.05) is 24.9 Å². The molecule has 1 atom stereocenters. The number of carbonyl (C=O) groups is 1. The molecule has 0 saturated heterocycles. The minimum atomic E-state index is -0.250. The number of pyridine rings is 1. The van der Waals surface area contributed by atoms with Crippen molar-refractivity contribution in [2.45, 2.75) is 38.1 Å². The van der Waals surface area contributed by atoms with Crippen molar-refractivity contribution in [1.29, 1.82) is 0 Å². The zero-order valence-electron chi connectivity index (χ0n) is 17.4. The zero-order chi connectivity index (χ0) is 21.1. The standard InChI is InChI=1S/C23H28N4O3/c1-3-10-23(11-12-24-22(29)18-8-6-16(28)15-25-18)21-5-4-13-27(21)20-9-7-17(30-2)14-19(20)26-23/h5-9,14-15,26,28H,3-4,10-13H2,1-2H3,(H,24,29). The maximum absolute atomic E-state index is 12.5. The van der Waals surface area contributed by atoms with Crippen LogP contribution in [0.15, 0.2) is 48.3 Å². The first-order valence-electron chi connectivity index (χ1n) is 10.4. The molecule has 1 aromatic heterocycles. The Morgan fingerprint density at radius 2 is 2.20 bits per heavy atom. The molecule has 1 unspecified atom stereocenters.